The topological polar surface area (TPSA) is 38.8 Å². The Morgan fingerprint density at radius 2 is 1.96 bits per heavy atom. The van der Waals surface area contributed by atoms with Crippen molar-refractivity contribution in [1.29, 1.82) is 0 Å². The first-order valence-corrected chi connectivity index (χ1v) is 8.11. The van der Waals surface area contributed by atoms with E-state index in [-0.39, 0.29) is 12.4 Å². The van der Waals surface area contributed by atoms with E-state index in [1.54, 1.807) is 19.2 Å². The molecule has 0 aromatic heterocycles. The summed E-state index contributed by atoms with van der Waals surface area (Å²) in [7, 11) is 1.59. The molecule has 0 spiro atoms. The number of hydrogen-bond acceptors (Lipinski definition) is 4. The molecule has 1 aromatic rings. The Labute approximate surface area is 145 Å². The molecule has 0 amide bonds. The van der Waals surface area contributed by atoms with Gasteiger partial charge in [-0.1, -0.05) is 19.9 Å². The maximum atomic E-state index is 11.1. The van der Waals surface area contributed by atoms with Crippen molar-refractivity contribution >= 4 is 18.7 Å². The molecule has 1 aromatic carbocycles. The Kier molecular flexibility index (Phi) is 8.42. The molecule has 0 saturated carbocycles. The van der Waals surface area contributed by atoms with Crippen molar-refractivity contribution in [2.24, 2.45) is 11.8 Å². The zero-order valence-corrected chi connectivity index (χ0v) is 15.1. The predicted molar refractivity (Wildman–Crippen MR) is 95.1 cm³/mol. The van der Waals surface area contributed by atoms with Gasteiger partial charge in [0.05, 0.1) is 19.3 Å². The van der Waals surface area contributed by atoms with Gasteiger partial charge in [0.1, 0.15) is 0 Å². The van der Waals surface area contributed by atoms with E-state index < -0.39 is 0 Å². The summed E-state index contributed by atoms with van der Waals surface area (Å²) in [6, 6.07) is 5.36. The van der Waals surface area contributed by atoms with Gasteiger partial charge in [-0.15, -0.1) is 12.4 Å². The fourth-order valence-electron chi connectivity index (χ4n) is 3.38. The summed E-state index contributed by atoms with van der Waals surface area (Å²) in [6.07, 6.45) is 3.10. The van der Waals surface area contributed by atoms with Crippen LogP contribution >= 0.6 is 12.4 Å². The SMILES string of the molecule is COc1cccc(C=O)c1OCCCN1CC(C)CC(C)C1.Cl. The number of likely N-dealkylation sites (tertiary alicyclic amines) is 1. The molecule has 2 atom stereocenters. The Bertz CT molecular complexity index is 485. The molecule has 1 heterocycles. The molecule has 5 heteroatoms. The van der Waals surface area contributed by atoms with E-state index in [1.807, 2.05) is 6.07 Å². The van der Waals surface area contributed by atoms with E-state index in [9.17, 15) is 4.79 Å². The quantitative estimate of drug-likeness (QED) is 0.560. The Morgan fingerprint density at radius 3 is 2.57 bits per heavy atom. The van der Waals surface area contributed by atoms with Gasteiger partial charge < -0.3 is 14.4 Å². The second-order valence-corrected chi connectivity index (χ2v) is 6.40. The molecule has 23 heavy (non-hydrogen) atoms. The number of piperidine rings is 1. The van der Waals surface area contributed by atoms with E-state index in [0.717, 1.165) is 31.1 Å². The lowest BCUT2D eigenvalue weighted by Gasteiger charge is -2.34. The average molecular weight is 342 g/mol. The Morgan fingerprint density at radius 1 is 1.26 bits per heavy atom. The summed E-state index contributed by atoms with van der Waals surface area (Å²) in [6.45, 7) is 8.65. The average Bonchev–Trinajstić information content (AvgIpc) is 2.50. The number of carbonyl (C=O) groups excluding carboxylic acids is 1. The first-order valence-electron chi connectivity index (χ1n) is 8.11. The predicted octanol–water partition coefficient (Wildman–Crippen LogP) is 3.68. The molecule has 0 N–H and O–H groups in total. The minimum Gasteiger partial charge on any atom is -0.493 e. The fourth-order valence-corrected chi connectivity index (χ4v) is 3.38. The van der Waals surface area contributed by atoms with Crippen LogP contribution in [0.25, 0.3) is 0 Å². The number of benzene rings is 1. The molecule has 0 radical (unpaired) electrons. The first kappa shape index (κ1) is 19.8. The first-order chi connectivity index (χ1) is 10.6. The minimum atomic E-state index is 0. The summed E-state index contributed by atoms with van der Waals surface area (Å²) in [4.78, 5) is 13.6. The van der Waals surface area contributed by atoms with Gasteiger partial charge >= 0.3 is 0 Å². The van der Waals surface area contributed by atoms with Gasteiger partial charge in [-0.25, -0.2) is 0 Å². The van der Waals surface area contributed by atoms with Crippen molar-refractivity contribution in [3.05, 3.63) is 23.8 Å². The van der Waals surface area contributed by atoms with Crippen molar-refractivity contribution < 1.29 is 14.3 Å². The molecular weight excluding hydrogens is 314 g/mol. The highest BCUT2D eigenvalue weighted by molar-refractivity contribution is 5.85. The van der Waals surface area contributed by atoms with Crippen molar-refractivity contribution in [3.8, 4) is 11.5 Å². The van der Waals surface area contributed by atoms with Crippen LogP contribution < -0.4 is 9.47 Å². The lowest BCUT2D eigenvalue weighted by molar-refractivity contribution is 0.111. The largest absolute Gasteiger partial charge is 0.493 e. The van der Waals surface area contributed by atoms with Gasteiger partial charge in [0, 0.05) is 19.6 Å². The number of aldehydes is 1. The van der Waals surface area contributed by atoms with Crippen molar-refractivity contribution in [1.82, 2.24) is 4.90 Å². The van der Waals surface area contributed by atoms with Gasteiger partial charge in [0.15, 0.2) is 17.8 Å². The minimum absolute atomic E-state index is 0. The number of nitrogens with zero attached hydrogens (tertiary/aromatic N) is 1. The summed E-state index contributed by atoms with van der Waals surface area (Å²) < 4.78 is 11.1. The van der Waals surface area contributed by atoms with Gasteiger partial charge in [-0.05, 0) is 36.8 Å². The molecule has 1 saturated heterocycles. The Balaban J connectivity index is 0.00000264. The maximum absolute atomic E-state index is 11.1. The van der Waals surface area contributed by atoms with E-state index in [1.165, 1.54) is 19.5 Å². The molecule has 130 valence electrons. The third kappa shape index (κ3) is 5.70. The fraction of sp³-hybridized carbons (Fsp3) is 0.611. The number of methoxy groups -OCH3 is 1. The van der Waals surface area contributed by atoms with Gasteiger partial charge in [-0.2, -0.15) is 0 Å². The highest BCUT2D eigenvalue weighted by Crippen LogP contribution is 2.30. The second-order valence-electron chi connectivity index (χ2n) is 6.40. The molecule has 1 fully saturated rings. The van der Waals surface area contributed by atoms with Crippen LogP contribution in [0.2, 0.25) is 0 Å². The van der Waals surface area contributed by atoms with E-state index in [0.29, 0.717) is 23.7 Å². The number of ether oxygens (including phenoxy) is 2. The van der Waals surface area contributed by atoms with E-state index >= 15 is 0 Å². The third-order valence-corrected chi connectivity index (χ3v) is 4.17. The van der Waals surface area contributed by atoms with Gasteiger partial charge in [-0.3, -0.25) is 4.79 Å². The lowest BCUT2D eigenvalue weighted by Crippen LogP contribution is -2.39. The van der Waals surface area contributed by atoms with Crippen molar-refractivity contribution in [3.63, 3.8) is 0 Å². The highest BCUT2D eigenvalue weighted by atomic mass is 35.5. The maximum Gasteiger partial charge on any atom is 0.171 e. The standard InChI is InChI=1S/C18H27NO3.ClH/c1-14-10-15(2)12-19(11-14)8-5-9-22-18-16(13-20)6-4-7-17(18)21-3;/h4,6-7,13-15H,5,8-12H2,1-3H3;1H. The number of carbonyl (C=O) groups is 1. The highest BCUT2D eigenvalue weighted by Gasteiger charge is 2.21. The Hall–Kier alpha value is -1.26. The van der Waals surface area contributed by atoms with Crippen LogP contribution in [-0.4, -0.2) is 44.5 Å². The van der Waals surface area contributed by atoms with Gasteiger partial charge in [0.25, 0.3) is 0 Å². The molecule has 2 rings (SSSR count). The molecule has 0 aliphatic carbocycles. The third-order valence-electron chi connectivity index (χ3n) is 4.17. The van der Waals surface area contributed by atoms with Crippen LogP contribution in [0.1, 0.15) is 37.0 Å². The van der Waals surface area contributed by atoms with E-state index in [4.69, 9.17) is 9.47 Å². The molecule has 1 aliphatic heterocycles. The summed E-state index contributed by atoms with van der Waals surface area (Å²) >= 11 is 0. The molecule has 2 unspecified atom stereocenters. The van der Waals surface area contributed by atoms with Crippen molar-refractivity contribution in [2.75, 3.05) is 33.4 Å². The molecule has 1 aliphatic rings. The van der Waals surface area contributed by atoms with Crippen LogP contribution in [0.3, 0.4) is 0 Å². The van der Waals surface area contributed by atoms with Crippen LogP contribution in [0.4, 0.5) is 0 Å². The zero-order chi connectivity index (χ0) is 15.9. The zero-order valence-electron chi connectivity index (χ0n) is 14.3. The van der Waals surface area contributed by atoms with Gasteiger partial charge in [0.2, 0.25) is 0 Å². The van der Waals surface area contributed by atoms with Crippen LogP contribution in [0, 0.1) is 11.8 Å². The summed E-state index contributed by atoms with van der Waals surface area (Å²) in [5, 5.41) is 0. The van der Waals surface area contributed by atoms with Crippen LogP contribution in [0.5, 0.6) is 11.5 Å². The smallest absolute Gasteiger partial charge is 0.171 e. The number of halogens is 1. The number of rotatable bonds is 7. The van der Waals surface area contributed by atoms with Crippen LogP contribution in [0.15, 0.2) is 18.2 Å². The normalized spacial score (nSPS) is 21.3. The second kappa shape index (κ2) is 9.78. The van der Waals surface area contributed by atoms with Crippen LogP contribution in [-0.2, 0) is 0 Å². The number of hydrogen-bond donors (Lipinski definition) is 0. The summed E-state index contributed by atoms with van der Waals surface area (Å²) in [5.74, 6) is 2.73. The summed E-state index contributed by atoms with van der Waals surface area (Å²) in [5.41, 5.74) is 0.541. The van der Waals surface area contributed by atoms with Crippen molar-refractivity contribution in [2.45, 2.75) is 26.7 Å². The molecular formula is C18H28ClNO3. The lowest BCUT2D eigenvalue weighted by atomic mass is 9.92. The van der Waals surface area contributed by atoms with E-state index in [2.05, 4.69) is 18.7 Å². The molecule has 0 bridgehead atoms. The number of para-hydroxylation sites is 1. The monoisotopic (exact) mass is 341 g/mol. The molecule has 4 nitrogen and oxygen atoms in total.